The molecule has 290 valence electrons. The first-order valence-corrected chi connectivity index (χ1v) is 17.3. The van der Waals surface area contributed by atoms with E-state index in [1.54, 1.807) is 55.5 Å². The summed E-state index contributed by atoms with van der Waals surface area (Å²) < 4.78 is 37.0. The van der Waals surface area contributed by atoms with E-state index in [0.29, 0.717) is 49.5 Å². The highest BCUT2D eigenvalue weighted by atomic mass is 16.6. The van der Waals surface area contributed by atoms with Crippen LogP contribution in [0, 0.1) is 0 Å². The number of benzene rings is 3. The molecule has 0 amide bonds. The number of hydrogen-bond acceptors (Lipinski definition) is 12. The van der Waals surface area contributed by atoms with Gasteiger partial charge in [-0.3, -0.25) is 0 Å². The van der Waals surface area contributed by atoms with Crippen LogP contribution in [0.3, 0.4) is 0 Å². The van der Waals surface area contributed by atoms with Crippen molar-refractivity contribution in [3.05, 3.63) is 151 Å². The Bertz CT molecular complexity index is 1820. The summed E-state index contributed by atoms with van der Waals surface area (Å²) in [5, 5.41) is 0. The van der Waals surface area contributed by atoms with E-state index in [9.17, 15) is 24.0 Å². The van der Waals surface area contributed by atoms with Crippen LogP contribution in [0.2, 0.25) is 0 Å². The molecule has 0 aliphatic heterocycles. The van der Waals surface area contributed by atoms with Gasteiger partial charge in [-0.05, 0) is 105 Å². The van der Waals surface area contributed by atoms with Crippen LogP contribution in [0.5, 0.6) is 17.2 Å². The second-order valence-corrected chi connectivity index (χ2v) is 11.1. The summed E-state index contributed by atoms with van der Waals surface area (Å²) >= 11 is 0. The third kappa shape index (κ3) is 17.1. The van der Waals surface area contributed by atoms with E-state index in [0.717, 1.165) is 6.08 Å². The topological polar surface area (TPSA) is 150 Å². The number of hydrogen-bond donors (Lipinski definition) is 0. The molecule has 0 heterocycles. The van der Waals surface area contributed by atoms with E-state index in [1.165, 1.54) is 36.4 Å². The van der Waals surface area contributed by atoms with Gasteiger partial charge >= 0.3 is 29.8 Å². The first kappa shape index (κ1) is 44.5. The monoisotopic (exact) mass is 754 g/mol. The zero-order chi connectivity index (χ0) is 40.6. The molecule has 0 bridgehead atoms. The standard InChI is InChI=1S/C41H40O12.C2H6/c1-6-37(42)49-25-8-7-24-47-34-18-12-31(13-19-34)39(44)51-29(4)10-11-30(5)52-40(45)32-16-22-36(23-17-32)53-41(46)33-14-20-35(21-15-33)48-26-9-27-50-38(43)28(2)3;1-2/h6,10-23H,1-2,4-5,7-9,24-27H2,3H3;1-2H3/b11-10-;. The molecule has 0 saturated carbocycles. The van der Waals surface area contributed by atoms with Gasteiger partial charge in [-0.15, -0.1) is 0 Å². The minimum absolute atomic E-state index is 0.0168. The summed E-state index contributed by atoms with van der Waals surface area (Å²) in [5.41, 5.74) is 1.04. The molecule has 0 N–H and O–H groups in total. The molecule has 0 radical (unpaired) electrons. The second-order valence-electron chi connectivity index (χ2n) is 11.1. The lowest BCUT2D eigenvalue weighted by Gasteiger charge is -2.09. The zero-order valence-corrected chi connectivity index (χ0v) is 31.3. The molecular formula is C43H46O12. The van der Waals surface area contributed by atoms with Gasteiger partial charge in [0.15, 0.2) is 0 Å². The molecule has 12 heteroatoms. The molecule has 0 aliphatic carbocycles. The smallest absolute Gasteiger partial charge is 0.343 e. The summed E-state index contributed by atoms with van der Waals surface area (Å²) in [6, 6.07) is 18.4. The second kappa shape index (κ2) is 24.5. The van der Waals surface area contributed by atoms with Crippen molar-refractivity contribution in [1.82, 2.24) is 0 Å². The van der Waals surface area contributed by atoms with E-state index >= 15 is 0 Å². The van der Waals surface area contributed by atoms with Gasteiger partial charge in [-0.1, -0.05) is 40.2 Å². The summed E-state index contributed by atoms with van der Waals surface area (Å²) in [6.07, 6.45) is 5.54. The van der Waals surface area contributed by atoms with Crippen LogP contribution >= 0.6 is 0 Å². The Labute approximate surface area is 321 Å². The zero-order valence-electron chi connectivity index (χ0n) is 31.3. The molecule has 12 nitrogen and oxygen atoms in total. The number of ether oxygens (including phenoxy) is 7. The van der Waals surface area contributed by atoms with E-state index in [2.05, 4.69) is 26.3 Å². The van der Waals surface area contributed by atoms with E-state index in [4.69, 9.17) is 33.2 Å². The van der Waals surface area contributed by atoms with Gasteiger partial charge in [0.25, 0.3) is 0 Å². The fourth-order valence-electron chi connectivity index (χ4n) is 3.97. The van der Waals surface area contributed by atoms with Gasteiger partial charge in [0.2, 0.25) is 0 Å². The van der Waals surface area contributed by atoms with Crippen molar-refractivity contribution in [3.63, 3.8) is 0 Å². The Morgan fingerprint density at radius 2 is 0.945 bits per heavy atom. The normalized spacial score (nSPS) is 10.1. The Morgan fingerprint density at radius 1 is 0.545 bits per heavy atom. The summed E-state index contributed by atoms with van der Waals surface area (Å²) in [4.78, 5) is 60.1. The van der Waals surface area contributed by atoms with Gasteiger partial charge in [0.05, 0.1) is 43.1 Å². The van der Waals surface area contributed by atoms with Crippen LogP contribution in [0.4, 0.5) is 0 Å². The third-order valence-corrected chi connectivity index (χ3v) is 6.74. The molecule has 0 aliphatic rings. The Balaban J connectivity index is 0.00000514. The summed E-state index contributed by atoms with van der Waals surface area (Å²) in [6.45, 7) is 21.0. The molecule has 3 aromatic carbocycles. The van der Waals surface area contributed by atoms with Gasteiger partial charge in [0, 0.05) is 18.1 Å². The van der Waals surface area contributed by atoms with Crippen molar-refractivity contribution in [2.75, 3.05) is 26.4 Å². The largest absolute Gasteiger partial charge is 0.494 e. The van der Waals surface area contributed by atoms with Crippen LogP contribution in [-0.2, 0) is 28.5 Å². The molecular weight excluding hydrogens is 708 g/mol. The highest BCUT2D eigenvalue weighted by molar-refractivity contribution is 5.92. The minimum Gasteiger partial charge on any atom is -0.494 e. The lowest BCUT2D eigenvalue weighted by atomic mass is 10.2. The minimum atomic E-state index is -0.719. The van der Waals surface area contributed by atoms with Crippen LogP contribution in [-0.4, -0.2) is 56.3 Å². The predicted molar refractivity (Wildman–Crippen MR) is 206 cm³/mol. The van der Waals surface area contributed by atoms with Gasteiger partial charge in [0.1, 0.15) is 28.8 Å². The third-order valence-electron chi connectivity index (χ3n) is 6.74. The summed E-state index contributed by atoms with van der Waals surface area (Å²) in [7, 11) is 0. The van der Waals surface area contributed by atoms with Gasteiger partial charge in [-0.2, -0.15) is 0 Å². The molecule has 0 unspecified atom stereocenters. The van der Waals surface area contributed by atoms with Crippen LogP contribution < -0.4 is 14.2 Å². The van der Waals surface area contributed by atoms with Crippen molar-refractivity contribution in [1.29, 1.82) is 0 Å². The molecule has 0 spiro atoms. The van der Waals surface area contributed by atoms with Crippen molar-refractivity contribution in [2.24, 2.45) is 0 Å². The van der Waals surface area contributed by atoms with Crippen molar-refractivity contribution < 1.29 is 57.1 Å². The molecule has 0 aromatic heterocycles. The summed E-state index contributed by atoms with van der Waals surface area (Å²) in [5.74, 6) is -1.67. The first-order chi connectivity index (χ1) is 26.4. The van der Waals surface area contributed by atoms with E-state index in [-0.39, 0.29) is 47.2 Å². The Hall–Kier alpha value is -6.69. The highest BCUT2D eigenvalue weighted by Crippen LogP contribution is 2.19. The average Bonchev–Trinajstić information content (AvgIpc) is 3.19. The molecule has 3 rings (SSSR count). The lowest BCUT2D eigenvalue weighted by molar-refractivity contribution is -0.139. The van der Waals surface area contributed by atoms with Gasteiger partial charge in [-0.25, -0.2) is 24.0 Å². The maximum absolute atomic E-state index is 12.6. The SMILES string of the molecule is C=CC(=O)OCCCCOc1ccc(C(=O)OC(=C)/C=C\C(=C)OC(=O)c2ccc(OC(=O)c3ccc(OCCCOC(=O)C(=C)C)cc3)cc2)cc1.CC. The molecule has 0 atom stereocenters. The fourth-order valence-corrected chi connectivity index (χ4v) is 3.97. The number of allylic oxidation sites excluding steroid dienone is 2. The van der Waals surface area contributed by atoms with Crippen LogP contribution in [0.15, 0.2) is 134 Å². The molecule has 0 saturated heterocycles. The van der Waals surface area contributed by atoms with Crippen molar-refractivity contribution >= 4 is 29.8 Å². The average molecular weight is 755 g/mol. The van der Waals surface area contributed by atoms with Crippen molar-refractivity contribution in [2.45, 2.75) is 40.0 Å². The van der Waals surface area contributed by atoms with Gasteiger partial charge < -0.3 is 33.2 Å². The number of unbranched alkanes of at least 4 members (excludes halogenated alkanes) is 1. The lowest BCUT2D eigenvalue weighted by Crippen LogP contribution is -2.10. The van der Waals surface area contributed by atoms with E-state index < -0.39 is 29.8 Å². The van der Waals surface area contributed by atoms with Crippen LogP contribution in [0.25, 0.3) is 0 Å². The molecule has 0 fully saturated rings. The Kier molecular flexibility index (Phi) is 19.8. The molecule has 3 aromatic rings. The number of rotatable bonds is 21. The first-order valence-electron chi connectivity index (χ1n) is 17.3. The predicted octanol–water partition coefficient (Wildman–Crippen LogP) is 8.31. The maximum atomic E-state index is 12.6. The number of carbonyl (C=O) groups is 5. The Morgan fingerprint density at radius 3 is 1.40 bits per heavy atom. The number of esters is 5. The fraction of sp³-hybridized carbons (Fsp3) is 0.233. The van der Waals surface area contributed by atoms with E-state index in [1.807, 2.05) is 13.8 Å². The molecule has 55 heavy (non-hydrogen) atoms. The number of carbonyl (C=O) groups excluding carboxylic acids is 5. The maximum Gasteiger partial charge on any atom is 0.343 e. The van der Waals surface area contributed by atoms with Crippen LogP contribution in [0.1, 0.15) is 71.1 Å². The quantitative estimate of drug-likeness (QED) is 0.0196. The van der Waals surface area contributed by atoms with Crippen molar-refractivity contribution in [3.8, 4) is 17.2 Å². The highest BCUT2D eigenvalue weighted by Gasteiger charge is 2.13.